The highest BCUT2D eigenvalue weighted by molar-refractivity contribution is 7.89. The van der Waals surface area contributed by atoms with Crippen molar-refractivity contribution in [2.45, 2.75) is 4.90 Å². The van der Waals surface area contributed by atoms with E-state index < -0.39 is 15.9 Å². The summed E-state index contributed by atoms with van der Waals surface area (Å²) in [5.74, 6) is -0.636. The molecule has 0 atom stereocenters. The number of hydrogen-bond donors (Lipinski definition) is 3. The zero-order valence-electron chi connectivity index (χ0n) is 9.29. The number of benzene rings is 1. The lowest BCUT2D eigenvalue weighted by atomic mass is 10.3. The first-order valence-electron chi connectivity index (χ1n) is 4.87. The Morgan fingerprint density at radius 1 is 1.42 bits per heavy atom. The van der Waals surface area contributed by atoms with E-state index in [9.17, 15) is 13.2 Å². The van der Waals surface area contributed by atoms with Gasteiger partial charge in [0.1, 0.15) is 6.33 Å². The lowest BCUT2D eigenvalue weighted by Gasteiger charge is -2.07. The van der Waals surface area contributed by atoms with Gasteiger partial charge >= 0.3 is 0 Å². The number of carbonyl (C=O) groups excluding carboxylic acids is 1. The second-order valence-corrected chi connectivity index (χ2v) is 5.44. The van der Waals surface area contributed by atoms with E-state index in [1.165, 1.54) is 12.1 Å². The molecule has 0 spiro atoms. The fourth-order valence-electron chi connectivity index (χ4n) is 1.27. The Labute approximate surface area is 113 Å². The summed E-state index contributed by atoms with van der Waals surface area (Å²) in [5, 5.41) is 13.4. The second kappa shape index (κ2) is 4.96. The van der Waals surface area contributed by atoms with Crippen molar-refractivity contribution in [3.05, 3.63) is 35.4 Å². The van der Waals surface area contributed by atoms with E-state index in [0.29, 0.717) is 0 Å². The van der Waals surface area contributed by atoms with E-state index in [2.05, 4.69) is 20.5 Å². The average molecular weight is 302 g/mol. The van der Waals surface area contributed by atoms with Crippen LogP contribution < -0.4 is 10.5 Å². The van der Waals surface area contributed by atoms with Crippen LogP contribution in [0.5, 0.6) is 0 Å². The minimum Gasteiger partial charge on any atom is -0.318 e. The molecule has 1 amide bonds. The number of amides is 1. The maximum Gasteiger partial charge on any atom is 0.293 e. The number of primary sulfonamides is 1. The Kier molecular flexibility index (Phi) is 3.51. The molecule has 1 aromatic heterocycles. The van der Waals surface area contributed by atoms with Crippen molar-refractivity contribution < 1.29 is 13.2 Å². The molecule has 2 aromatic rings. The van der Waals surface area contributed by atoms with Crippen LogP contribution in [-0.2, 0) is 10.0 Å². The van der Waals surface area contributed by atoms with Crippen LogP contribution in [0.3, 0.4) is 0 Å². The number of aromatic nitrogens is 3. The van der Waals surface area contributed by atoms with Gasteiger partial charge < -0.3 is 5.32 Å². The predicted molar refractivity (Wildman–Crippen MR) is 67.2 cm³/mol. The van der Waals surface area contributed by atoms with Crippen molar-refractivity contribution in [2.24, 2.45) is 5.14 Å². The molecule has 100 valence electrons. The van der Waals surface area contributed by atoms with Crippen LogP contribution in [0.25, 0.3) is 0 Å². The first-order valence-corrected chi connectivity index (χ1v) is 6.79. The van der Waals surface area contributed by atoms with Crippen molar-refractivity contribution in [3.8, 4) is 0 Å². The predicted octanol–water partition coefficient (Wildman–Crippen LogP) is 0.358. The third-order valence-electron chi connectivity index (χ3n) is 2.14. The van der Waals surface area contributed by atoms with E-state index >= 15 is 0 Å². The van der Waals surface area contributed by atoms with E-state index in [-0.39, 0.29) is 21.4 Å². The molecule has 0 fully saturated rings. The molecule has 1 aromatic carbocycles. The number of carbonyl (C=O) groups is 1. The quantitative estimate of drug-likeness (QED) is 0.753. The van der Waals surface area contributed by atoms with Gasteiger partial charge in [-0.1, -0.05) is 11.6 Å². The molecule has 0 saturated carbocycles. The maximum atomic E-state index is 11.7. The van der Waals surface area contributed by atoms with Gasteiger partial charge in [-0.25, -0.2) is 18.5 Å². The minimum atomic E-state index is -3.88. The summed E-state index contributed by atoms with van der Waals surface area (Å²) in [7, 11) is -3.88. The van der Waals surface area contributed by atoms with Gasteiger partial charge in [0.2, 0.25) is 15.8 Å². The maximum absolute atomic E-state index is 11.7. The van der Waals surface area contributed by atoms with Crippen LogP contribution in [-0.4, -0.2) is 29.5 Å². The normalized spacial score (nSPS) is 11.3. The van der Waals surface area contributed by atoms with Gasteiger partial charge in [0.15, 0.2) is 0 Å². The molecule has 0 radical (unpaired) electrons. The highest BCUT2D eigenvalue weighted by Crippen LogP contribution is 2.25. The Bertz CT molecular complexity index is 713. The summed E-state index contributed by atoms with van der Waals surface area (Å²) < 4.78 is 22.4. The van der Waals surface area contributed by atoms with Crippen molar-refractivity contribution in [1.82, 2.24) is 15.2 Å². The Morgan fingerprint density at radius 2 is 2.16 bits per heavy atom. The van der Waals surface area contributed by atoms with Gasteiger partial charge in [-0.15, -0.1) is 0 Å². The molecule has 0 aliphatic heterocycles. The van der Waals surface area contributed by atoms with E-state index in [1.54, 1.807) is 0 Å². The fourth-order valence-corrected chi connectivity index (χ4v) is 1.98. The molecular weight excluding hydrogens is 294 g/mol. The van der Waals surface area contributed by atoms with E-state index in [1.807, 2.05) is 0 Å². The number of halogens is 1. The molecule has 0 aliphatic rings. The SMILES string of the molecule is NS(=O)(=O)c1ccc(Cl)c(NC(=O)c2ncn[nH]2)c1. The van der Waals surface area contributed by atoms with Gasteiger partial charge in [0.25, 0.3) is 5.91 Å². The van der Waals surface area contributed by atoms with Crippen molar-refractivity contribution in [2.75, 3.05) is 5.32 Å². The highest BCUT2D eigenvalue weighted by atomic mass is 35.5. The van der Waals surface area contributed by atoms with Gasteiger partial charge in [-0.3, -0.25) is 9.89 Å². The molecule has 10 heteroatoms. The van der Waals surface area contributed by atoms with Crippen LogP contribution in [0.1, 0.15) is 10.6 Å². The molecule has 8 nitrogen and oxygen atoms in total. The summed E-state index contributed by atoms with van der Waals surface area (Å²) >= 11 is 5.86. The molecule has 0 bridgehead atoms. The number of anilines is 1. The van der Waals surface area contributed by atoms with Crippen LogP contribution >= 0.6 is 11.6 Å². The van der Waals surface area contributed by atoms with E-state index in [4.69, 9.17) is 16.7 Å². The summed E-state index contributed by atoms with van der Waals surface area (Å²) in [4.78, 5) is 15.2. The van der Waals surface area contributed by atoms with Crippen LogP contribution in [0.4, 0.5) is 5.69 Å². The summed E-state index contributed by atoms with van der Waals surface area (Å²) in [6.45, 7) is 0. The summed E-state index contributed by atoms with van der Waals surface area (Å²) in [5.41, 5.74) is 0.106. The average Bonchev–Trinajstić information content (AvgIpc) is 2.84. The molecular formula is C9H8ClN5O3S. The largest absolute Gasteiger partial charge is 0.318 e. The first kappa shape index (κ1) is 13.5. The lowest BCUT2D eigenvalue weighted by molar-refractivity contribution is 0.101. The Morgan fingerprint density at radius 3 is 2.74 bits per heavy atom. The molecule has 0 saturated heterocycles. The Hall–Kier alpha value is -1.97. The number of nitrogens with two attached hydrogens (primary N) is 1. The number of H-pyrrole nitrogens is 1. The third-order valence-corrected chi connectivity index (χ3v) is 3.39. The van der Waals surface area contributed by atoms with Crippen molar-refractivity contribution in [1.29, 1.82) is 0 Å². The monoisotopic (exact) mass is 301 g/mol. The van der Waals surface area contributed by atoms with Crippen LogP contribution in [0.15, 0.2) is 29.4 Å². The zero-order chi connectivity index (χ0) is 14.0. The number of nitrogens with zero attached hydrogens (tertiary/aromatic N) is 2. The van der Waals surface area contributed by atoms with Gasteiger partial charge in [0.05, 0.1) is 15.6 Å². The fraction of sp³-hybridized carbons (Fsp3) is 0. The minimum absolute atomic E-state index is 0.0305. The van der Waals surface area contributed by atoms with Crippen molar-refractivity contribution >= 4 is 33.2 Å². The number of hydrogen-bond acceptors (Lipinski definition) is 5. The lowest BCUT2D eigenvalue weighted by Crippen LogP contribution is -2.16. The number of sulfonamides is 1. The highest BCUT2D eigenvalue weighted by Gasteiger charge is 2.14. The van der Waals surface area contributed by atoms with Crippen molar-refractivity contribution in [3.63, 3.8) is 0 Å². The van der Waals surface area contributed by atoms with Gasteiger partial charge in [0, 0.05) is 0 Å². The molecule has 0 aliphatic carbocycles. The third kappa shape index (κ3) is 3.08. The second-order valence-electron chi connectivity index (χ2n) is 3.47. The molecule has 4 N–H and O–H groups in total. The molecule has 0 unspecified atom stereocenters. The topological polar surface area (TPSA) is 131 Å². The molecule has 19 heavy (non-hydrogen) atoms. The molecule has 2 rings (SSSR count). The van der Waals surface area contributed by atoms with Crippen LogP contribution in [0.2, 0.25) is 5.02 Å². The number of aromatic amines is 1. The van der Waals surface area contributed by atoms with Gasteiger partial charge in [-0.05, 0) is 18.2 Å². The molecule has 1 heterocycles. The van der Waals surface area contributed by atoms with E-state index in [0.717, 1.165) is 12.4 Å². The zero-order valence-corrected chi connectivity index (χ0v) is 10.9. The first-order chi connectivity index (χ1) is 8.88. The summed E-state index contributed by atoms with van der Waals surface area (Å²) in [6, 6.07) is 3.71. The standard InChI is InChI=1S/C9H8ClN5O3S/c10-6-2-1-5(19(11,17)18)3-7(6)14-9(16)8-12-4-13-15-8/h1-4H,(H,14,16)(H2,11,17,18)(H,12,13,15). The van der Waals surface area contributed by atoms with Crippen LogP contribution in [0, 0.1) is 0 Å². The number of nitrogens with one attached hydrogen (secondary N) is 2. The number of rotatable bonds is 3. The summed E-state index contributed by atoms with van der Waals surface area (Å²) in [6.07, 6.45) is 1.16. The van der Waals surface area contributed by atoms with Gasteiger partial charge in [-0.2, -0.15) is 5.10 Å². The Balaban J connectivity index is 2.32. The smallest absolute Gasteiger partial charge is 0.293 e.